The minimum absolute atomic E-state index is 0.129. The summed E-state index contributed by atoms with van der Waals surface area (Å²) in [4.78, 5) is 13.7. The van der Waals surface area contributed by atoms with E-state index in [0.29, 0.717) is 16.6 Å². The van der Waals surface area contributed by atoms with E-state index >= 15 is 0 Å². The number of benzene rings is 1. The molecule has 4 aromatic rings. The van der Waals surface area contributed by atoms with Gasteiger partial charge in [-0.05, 0) is 43.5 Å². The third-order valence-corrected chi connectivity index (χ3v) is 8.69. The topological polar surface area (TPSA) is 78.9 Å². The first-order chi connectivity index (χ1) is 16.7. The Hall–Kier alpha value is -3.65. The monoisotopic (exact) mass is 488 g/mol. The van der Waals surface area contributed by atoms with Crippen LogP contribution in [0.5, 0.6) is 0 Å². The predicted octanol–water partition coefficient (Wildman–Crippen LogP) is 4.45. The van der Waals surface area contributed by atoms with Crippen LogP contribution in [-0.4, -0.2) is 26.7 Å². The van der Waals surface area contributed by atoms with Crippen LogP contribution in [0.3, 0.4) is 0 Å². The Morgan fingerprint density at radius 1 is 1.09 bits per heavy atom. The lowest BCUT2D eigenvalue weighted by atomic mass is 9.73. The number of allylic oxidation sites excluding steroid dienone is 4. The maximum atomic E-state index is 14.1. The SMILES string of the molecule is CCC1(c2cn(C)c(=O)c3c2cc(-c2cnn(C)c2)n3S(=O)(=O)c2ccc(C)cc2)C=CC=CC1. The zero-order valence-corrected chi connectivity index (χ0v) is 21.1. The fourth-order valence-corrected chi connectivity index (χ4v) is 6.45. The second-order valence-electron chi connectivity index (χ2n) is 9.24. The molecule has 1 aliphatic carbocycles. The molecule has 0 aliphatic heterocycles. The molecule has 3 aromatic heterocycles. The summed E-state index contributed by atoms with van der Waals surface area (Å²) < 4.78 is 32.5. The largest absolute Gasteiger partial charge is 0.316 e. The summed E-state index contributed by atoms with van der Waals surface area (Å²) in [6.45, 7) is 4.02. The Kier molecular flexibility index (Phi) is 5.44. The van der Waals surface area contributed by atoms with Gasteiger partial charge in [-0.3, -0.25) is 9.48 Å². The van der Waals surface area contributed by atoms with Gasteiger partial charge in [0.05, 0.1) is 16.8 Å². The molecule has 0 saturated carbocycles. The summed E-state index contributed by atoms with van der Waals surface area (Å²) in [5.74, 6) is 0. The van der Waals surface area contributed by atoms with Gasteiger partial charge in [-0.2, -0.15) is 5.10 Å². The minimum atomic E-state index is -4.09. The summed E-state index contributed by atoms with van der Waals surface area (Å²) >= 11 is 0. The van der Waals surface area contributed by atoms with Gasteiger partial charge in [0, 0.05) is 42.9 Å². The lowest BCUT2D eigenvalue weighted by Crippen LogP contribution is -2.29. The van der Waals surface area contributed by atoms with Crippen molar-refractivity contribution in [3.8, 4) is 11.3 Å². The van der Waals surface area contributed by atoms with Gasteiger partial charge >= 0.3 is 0 Å². The van der Waals surface area contributed by atoms with Crippen LogP contribution in [0.1, 0.15) is 30.9 Å². The maximum absolute atomic E-state index is 14.1. The fraction of sp³-hybridized carbons (Fsp3) is 0.259. The van der Waals surface area contributed by atoms with Gasteiger partial charge in [-0.25, -0.2) is 12.4 Å². The molecule has 1 atom stereocenters. The Morgan fingerprint density at radius 3 is 2.43 bits per heavy atom. The first kappa shape index (κ1) is 23.1. The number of rotatable bonds is 5. The Labute approximate surface area is 204 Å². The van der Waals surface area contributed by atoms with Crippen LogP contribution >= 0.6 is 0 Å². The van der Waals surface area contributed by atoms with E-state index in [9.17, 15) is 13.2 Å². The molecule has 0 radical (unpaired) electrons. The van der Waals surface area contributed by atoms with Crippen molar-refractivity contribution < 1.29 is 8.42 Å². The summed E-state index contributed by atoms with van der Waals surface area (Å²) in [5.41, 5.74) is 2.37. The summed E-state index contributed by atoms with van der Waals surface area (Å²) in [5, 5.41) is 4.90. The zero-order valence-electron chi connectivity index (χ0n) is 20.3. The Balaban J connectivity index is 1.93. The van der Waals surface area contributed by atoms with Crippen molar-refractivity contribution in [3.05, 3.63) is 94.7 Å². The molecule has 35 heavy (non-hydrogen) atoms. The minimum Gasteiger partial charge on any atom is -0.316 e. The summed E-state index contributed by atoms with van der Waals surface area (Å²) in [7, 11) is -0.632. The van der Waals surface area contributed by atoms with E-state index in [0.717, 1.165) is 24.0 Å². The van der Waals surface area contributed by atoms with Crippen molar-refractivity contribution in [2.45, 2.75) is 37.0 Å². The van der Waals surface area contributed by atoms with Crippen molar-refractivity contribution >= 4 is 20.9 Å². The lowest BCUT2D eigenvalue weighted by Gasteiger charge is -2.31. The lowest BCUT2D eigenvalue weighted by molar-refractivity contribution is 0.517. The van der Waals surface area contributed by atoms with Crippen molar-refractivity contribution in [1.82, 2.24) is 18.3 Å². The standard InChI is InChI=1S/C27H28N4O3S/c1-5-27(13-7-6-8-14-27)23-18-29(3)26(32)25-22(23)15-24(20-16-28-30(4)17-20)31(25)35(33,34)21-11-9-19(2)10-12-21/h6-13,15-18H,5,14H2,1-4H3. The molecule has 8 heteroatoms. The second kappa shape index (κ2) is 8.23. The molecule has 5 rings (SSSR count). The van der Waals surface area contributed by atoms with Gasteiger partial charge in [0.2, 0.25) is 0 Å². The molecule has 0 saturated heterocycles. The second-order valence-corrected chi connectivity index (χ2v) is 11.0. The molecule has 3 heterocycles. The van der Waals surface area contributed by atoms with Gasteiger partial charge in [0.15, 0.2) is 0 Å². The van der Waals surface area contributed by atoms with Gasteiger partial charge in [0.25, 0.3) is 15.6 Å². The predicted molar refractivity (Wildman–Crippen MR) is 138 cm³/mol. The quantitative estimate of drug-likeness (QED) is 0.416. The highest BCUT2D eigenvalue weighted by molar-refractivity contribution is 7.90. The van der Waals surface area contributed by atoms with E-state index in [1.807, 2.05) is 31.3 Å². The molecule has 0 bridgehead atoms. The molecule has 0 N–H and O–H groups in total. The van der Waals surface area contributed by atoms with Crippen LogP contribution in [-0.2, 0) is 29.5 Å². The van der Waals surface area contributed by atoms with Crippen LogP contribution in [0, 0.1) is 6.92 Å². The molecule has 7 nitrogen and oxygen atoms in total. The first-order valence-corrected chi connectivity index (χ1v) is 13.0. The van der Waals surface area contributed by atoms with Gasteiger partial charge in [-0.1, -0.05) is 48.9 Å². The average molecular weight is 489 g/mol. The number of nitrogens with zero attached hydrogens (tertiary/aromatic N) is 4. The Bertz CT molecular complexity index is 1670. The van der Waals surface area contributed by atoms with Gasteiger partial charge < -0.3 is 4.57 Å². The van der Waals surface area contributed by atoms with Crippen molar-refractivity contribution in [2.24, 2.45) is 14.1 Å². The third-order valence-electron chi connectivity index (χ3n) is 6.97. The van der Waals surface area contributed by atoms with E-state index in [4.69, 9.17) is 0 Å². The normalized spacial score (nSPS) is 17.9. The van der Waals surface area contributed by atoms with Crippen LogP contribution in [0.2, 0.25) is 0 Å². The zero-order chi connectivity index (χ0) is 25.0. The highest BCUT2D eigenvalue weighted by atomic mass is 32.2. The van der Waals surface area contributed by atoms with E-state index in [1.165, 1.54) is 8.54 Å². The number of aryl methyl sites for hydroxylation is 3. The van der Waals surface area contributed by atoms with Crippen LogP contribution < -0.4 is 5.56 Å². The first-order valence-electron chi connectivity index (χ1n) is 11.6. The molecular formula is C27H28N4O3S. The third kappa shape index (κ3) is 3.60. The average Bonchev–Trinajstić information content (AvgIpc) is 3.46. The molecule has 1 aliphatic rings. The van der Waals surface area contributed by atoms with Crippen molar-refractivity contribution in [2.75, 3.05) is 0 Å². The highest BCUT2D eigenvalue weighted by Crippen LogP contribution is 2.41. The molecule has 0 amide bonds. The van der Waals surface area contributed by atoms with E-state index in [2.05, 4.69) is 24.2 Å². The summed E-state index contributed by atoms with van der Waals surface area (Å²) in [6.07, 6.45) is 15.1. The molecule has 180 valence electrons. The number of fused-ring (bicyclic) bond motifs is 1. The molecule has 0 fully saturated rings. The Morgan fingerprint density at radius 2 is 1.83 bits per heavy atom. The molecule has 0 spiro atoms. The molecule has 1 aromatic carbocycles. The van der Waals surface area contributed by atoms with Crippen LogP contribution in [0.15, 0.2) is 82.9 Å². The number of hydrogen-bond acceptors (Lipinski definition) is 4. The van der Waals surface area contributed by atoms with E-state index in [-0.39, 0.29) is 21.4 Å². The highest BCUT2D eigenvalue weighted by Gasteiger charge is 2.34. The maximum Gasteiger partial charge on any atom is 0.275 e. The molecule has 1 unspecified atom stereocenters. The van der Waals surface area contributed by atoms with Crippen LogP contribution in [0.4, 0.5) is 0 Å². The number of aromatic nitrogens is 4. The van der Waals surface area contributed by atoms with Gasteiger partial charge in [0.1, 0.15) is 5.52 Å². The summed E-state index contributed by atoms with van der Waals surface area (Å²) in [6, 6.07) is 8.52. The number of pyridine rings is 1. The van der Waals surface area contributed by atoms with Crippen molar-refractivity contribution in [3.63, 3.8) is 0 Å². The smallest absolute Gasteiger partial charge is 0.275 e. The number of hydrogen-bond donors (Lipinski definition) is 0. The van der Waals surface area contributed by atoms with Gasteiger partial charge in [-0.15, -0.1) is 0 Å². The molecular weight excluding hydrogens is 460 g/mol. The van der Waals surface area contributed by atoms with E-state index in [1.54, 1.807) is 55.4 Å². The van der Waals surface area contributed by atoms with Crippen molar-refractivity contribution in [1.29, 1.82) is 0 Å². The fourth-order valence-electron chi connectivity index (χ4n) is 4.92. The van der Waals surface area contributed by atoms with E-state index < -0.39 is 10.0 Å². The van der Waals surface area contributed by atoms with Crippen LogP contribution in [0.25, 0.3) is 22.2 Å².